The molecule has 0 spiro atoms. The molecule has 98 valence electrons. The van der Waals surface area contributed by atoms with E-state index in [1.165, 1.54) is 16.5 Å². The van der Waals surface area contributed by atoms with E-state index in [0.29, 0.717) is 18.3 Å². The van der Waals surface area contributed by atoms with Gasteiger partial charge in [0.1, 0.15) is 0 Å². The van der Waals surface area contributed by atoms with Gasteiger partial charge in [0, 0.05) is 37.6 Å². The van der Waals surface area contributed by atoms with E-state index in [1.54, 1.807) is 6.92 Å². The minimum Gasteiger partial charge on any atom is -0.350 e. The summed E-state index contributed by atoms with van der Waals surface area (Å²) >= 11 is 0. The zero-order chi connectivity index (χ0) is 13.2. The Labute approximate surface area is 111 Å². The summed E-state index contributed by atoms with van der Waals surface area (Å²) in [6.45, 7) is 3.19. The fourth-order valence-electron chi connectivity index (χ4n) is 2.29. The Kier molecular flexibility index (Phi) is 3.05. The second-order valence-corrected chi connectivity index (χ2v) is 4.62. The minimum absolute atomic E-state index is 0.599. The summed E-state index contributed by atoms with van der Waals surface area (Å²) in [5, 5.41) is 8.48. The van der Waals surface area contributed by atoms with Gasteiger partial charge in [-0.3, -0.25) is 0 Å². The van der Waals surface area contributed by atoms with Crippen LogP contribution in [0.25, 0.3) is 10.9 Å². The van der Waals surface area contributed by atoms with Gasteiger partial charge in [-0.25, -0.2) is 0 Å². The van der Waals surface area contributed by atoms with Gasteiger partial charge in [0.05, 0.1) is 6.54 Å². The van der Waals surface area contributed by atoms with Gasteiger partial charge in [0.15, 0.2) is 5.82 Å². The van der Waals surface area contributed by atoms with E-state index in [9.17, 15) is 0 Å². The first kappa shape index (κ1) is 11.9. The minimum atomic E-state index is 0.599. The first-order valence-electron chi connectivity index (χ1n) is 6.27. The van der Waals surface area contributed by atoms with Crippen LogP contribution in [0.1, 0.15) is 17.3 Å². The van der Waals surface area contributed by atoms with Crippen LogP contribution in [0.5, 0.6) is 0 Å². The molecule has 5 heteroatoms. The second kappa shape index (κ2) is 4.85. The van der Waals surface area contributed by atoms with Crippen molar-refractivity contribution in [1.29, 1.82) is 0 Å². The van der Waals surface area contributed by atoms with E-state index in [-0.39, 0.29) is 0 Å². The van der Waals surface area contributed by atoms with Crippen LogP contribution in [0.15, 0.2) is 35.0 Å². The van der Waals surface area contributed by atoms with E-state index in [0.717, 1.165) is 6.54 Å². The van der Waals surface area contributed by atoms with Crippen LogP contribution in [0.3, 0.4) is 0 Å². The topological polar surface area (TPSA) is 55.9 Å². The van der Waals surface area contributed by atoms with E-state index in [2.05, 4.69) is 57.5 Å². The maximum absolute atomic E-state index is 4.94. The number of rotatable bonds is 4. The van der Waals surface area contributed by atoms with Gasteiger partial charge in [-0.05, 0) is 11.6 Å². The van der Waals surface area contributed by atoms with Crippen LogP contribution in [0.2, 0.25) is 0 Å². The van der Waals surface area contributed by atoms with Crippen LogP contribution in [0, 0.1) is 6.92 Å². The van der Waals surface area contributed by atoms with Crippen LogP contribution < -0.4 is 5.32 Å². The van der Waals surface area contributed by atoms with Crippen LogP contribution >= 0.6 is 0 Å². The maximum Gasteiger partial charge on any atom is 0.223 e. The molecule has 3 aromatic rings. The van der Waals surface area contributed by atoms with Gasteiger partial charge in [-0.1, -0.05) is 23.4 Å². The lowest BCUT2D eigenvalue weighted by molar-refractivity contribution is 0.385. The van der Waals surface area contributed by atoms with Crippen molar-refractivity contribution in [3.8, 4) is 0 Å². The second-order valence-electron chi connectivity index (χ2n) is 4.62. The molecular weight excluding hydrogens is 240 g/mol. The Balaban J connectivity index is 1.72. The molecule has 0 radical (unpaired) electrons. The molecule has 2 aromatic heterocycles. The molecule has 3 rings (SSSR count). The molecule has 1 N–H and O–H groups in total. The molecule has 0 amide bonds. The molecule has 0 saturated carbocycles. The molecule has 0 saturated heterocycles. The predicted octanol–water partition coefficient (Wildman–Crippen LogP) is 2.16. The maximum atomic E-state index is 4.94. The number of para-hydroxylation sites is 1. The molecule has 0 atom stereocenters. The lowest BCUT2D eigenvalue weighted by atomic mass is 10.2. The zero-order valence-corrected chi connectivity index (χ0v) is 11.1. The lowest BCUT2D eigenvalue weighted by Gasteiger charge is -2.00. The Bertz CT molecular complexity index is 698. The number of benzene rings is 1. The van der Waals surface area contributed by atoms with Crippen LogP contribution in [-0.4, -0.2) is 14.7 Å². The number of hydrogen-bond acceptors (Lipinski definition) is 4. The van der Waals surface area contributed by atoms with Crippen molar-refractivity contribution < 1.29 is 4.52 Å². The number of nitrogens with zero attached hydrogens (tertiary/aromatic N) is 3. The van der Waals surface area contributed by atoms with Gasteiger partial charge in [-0.15, -0.1) is 0 Å². The van der Waals surface area contributed by atoms with Crippen molar-refractivity contribution in [2.45, 2.75) is 20.0 Å². The average molecular weight is 256 g/mol. The summed E-state index contributed by atoms with van der Waals surface area (Å²) in [6, 6.07) is 8.39. The van der Waals surface area contributed by atoms with E-state index >= 15 is 0 Å². The molecule has 0 unspecified atom stereocenters. The lowest BCUT2D eigenvalue weighted by Crippen LogP contribution is -2.13. The smallest absolute Gasteiger partial charge is 0.223 e. The first-order chi connectivity index (χ1) is 9.24. The van der Waals surface area contributed by atoms with Gasteiger partial charge in [0.25, 0.3) is 0 Å². The monoisotopic (exact) mass is 256 g/mol. The van der Waals surface area contributed by atoms with Crippen molar-refractivity contribution in [2.24, 2.45) is 7.05 Å². The molecule has 1 aromatic carbocycles. The highest BCUT2D eigenvalue weighted by atomic mass is 16.5. The summed E-state index contributed by atoms with van der Waals surface area (Å²) < 4.78 is 7.08. The van der Waals surface area contributed by atoms with Gasteiger partial charge < -0.3 is 14.4 Å². The quantitative estimate of drug-likeness (QED) is 0.777. The third-order valence-electron chi connectivity index (χ3n) is 3.15. The van der Waals surface area contributed by atoms with Crippen molar-refractivity contribution in [1.82, 2.24) is 20.0 Å². The highest BCUT2D eigenvalue weighted by molar-refractivity contribution is 5.83. The average Bonchev–Trinajstić information content (AvgIpc) is 2.96. The molecule has 0 aliphatic heterocycles. The van der Waals surface area contributed by atoms with Crippen molar-refractivity contribution in [3.05, 3.63) is 47.7 Å². The van der Waals surface area contributed by atoms with Gasteiger partial charge in [0.2, 0.25) is 5.89 Å². The highest BCUT2D eigenvalue weighted by Gasteiger charge is 2.06. The molecule has 5 nitrogen and oxygen atoms in total. The first-order valence-corrected chi connectivity index (χ1v) is 6.27. The van der Waals surface area contributed by atoms with E-state index < -0.39 is 0 Å². The summed E-state index contributed by atoms with van der Waals surface area (Å²) in [6.07, 6.45) is 2.15. The molecule has 2 heterocycles. The fraction of sp³-hybridized carbons (Fsp3) is 0.286. The number of fused-ring (bicyclic) bond motifs is 1. The summed E-state index contributed by atoms with van der Waals surface area (Å²) in [7, 11) is 2.06. The molecule has 0 fully saturated rings. The highest BCUT2D eigenvalue weighted by Crippen LogP contribution is 2.19. The molecule has 0 aliphatic carbocycles. The Morgan fingerprint density at radius 2 is 2.11 bits per heavy atom. The summed E-state index contributed by atoms with van der Waals surface area (Å²) in [4.78, 5) is 4.16. The Hall–Kier alpha value is -2.14. The summed E-state index contributed by atoms with van der Waals surface area (Å²) in [5.74, 6) is 1.29. The number of hydrogen-bond donors (Lipinski definition) is 1. The third kappa shape index (κ3) is 2.37. The largest absolute Gasteiger partial charge is 0.350 e. The molecule has 0 bridgehead atoms. The molecular formula is C14H16N4O. The normalized spacial score (nSPS) is 11.3. The Morgan fingerprint density at radius 3 is 2.89 bits per heavy atom. The number of nitrogens with one attached hydrogen (secondary N) is 1. The molecule has 19 heavy (non-hydrogen) atoms. The van der Waals surface area contributed by atoms with E-state index in [4.69, 9.17) is 4.52 Å². The fourth-order valence-corrected chi connectivity index (χ4v) is 2.29. The van der Waals surface area contributed by atoms with E-state index in [1.807, 2.05) is 0 Å². The summed E-state index contributed by atoms with van der Waals surface area (Å²) in [5.41, 5.74) is 2.52. The van der Waals surface area contributed by atoms with Crippen LogP contribution in [0.4, 0.5) is 0 Å². The third-order valence-corrected chi connectivity index (χ3v) is 3.15. The van der Waals surface area contributed by atoms with Crippen molar-refractivity contribution in [3.63, 3.8) is 0 Å². The number of aromatic nitrogens is 3. The van der Waals surface area contributed by atoms with Crippen molar-refractivity contribution >= 4 is 10.9 Å². The predicted molar refractivity (Wildman–Crippen MR) is 72.5 cm³/mol. The van der Waals surface area contributed by atoms with Gasteiger partial charge in [-0.2, -0.15) is 4.98 Å². The van der Waals surface area contributed by atoms with Gasteiger partial charge >= 0.3 is 0 Å². The van der Waals surface area contributed by atoms with Crippen molar-refractivity contribution in [2.75, 3.05) is 0 Å². The zero-order valence-electron chi connectivity index (χ0n) is 11.1. The standard InChI is InChI=1S/C14H16N4O/c1-10-16-14(17-19-10)8-15-7-11-9-18(2)13-6-4-3-5-12(11)13/h3-6,9,15H,7-8H2,1-2H3. The molecule has 0 aliphatic rings. The Morgan fingerprint density at radius 1 is 1.26 bits per heavy atom. The van der Waals surface area contributed by atoms with Crippen LogP contribution in [-0.2, 0) is 20.1 Å². The number of aryl methyl sites for hydroxylation is 2. The SMILES string of the molecule is Cc1nc(CNCc2cn(C)c3ccccc23)no1.